The molecule has 0 spiro atoms. The molecular weight excluding hydrogens is 262 g/mol. The molecule has 2 N–H and O–H groups in total. The highest BCUT2D eigenvalue weighted by Gasteiger charge is 2.36. The molecule has 0 saturated carbocycles. The summed E-state index contributed by atoms with van der Waals surface area (Å²) in [6.07, 6.45) is 6.16. The van der Waals surface area contributed by atoms with Gasteiger partial charge >= 0.3 is 0 Å². The average Bonchev–Trinajstić information content (AvgIpc) is 2.96. The van der Waals surface area contributed by atoms with Gasteiger partial charge in [-0.1, -0.05) is 13.8 Å². The third-order valence-corrected chi connectivity index (χ3v) is 5.12. The Kier molecular flexibility index (Phi) is 6.49. The topological polar surface area (TPSA) is 44.4 Å². The summed E-state index contributed by atoms with van der Waals surface area (Å²) in [6, 6.07) is 0.621. The number of likely N-dealkylation sites (tertiary alicyclic amines) is 1. The van der Waals surface area contributed by atoms with Crippen LogP contribution in [0.3, 0.4) is 0 Å². The van der Waals surface area contributed by atoms with Crippen molar-refractivity contribution >= 4 is 5.91 Å². The Morgan fingerprint density at radius 3 is 2.76 bits per heavy atom. The zero-order chi connectivity index (χ0) is 15.2. The number of piperidine rings is 1. The Labute approximate surface area is 130 Å². The van der Waals surface area contributed by atoms with E-state index in [9.17, 15) is 4.79 Å². The minimum atomic E-state index is 0.0200. The van der Waals surface area contributed by atoms with Crippen molar-refractivity contribution in [3.05, 3.63) is 0 Å². The predicted molar refractivity (Wildman–Crippen MR) is 87.2 cm³/mol. The molecule has 3 atom stereocenters. The Morgan fingerprint density at radius 1 is 1.29 bits per heavy atom. The van der Waals surface area contributed by atoms with E-state index in [0.717, 1.165) is 38.5 Å². The second-order valence-electron chi connectivity index (χ2n) is 7.20. The summed E-state index contributed by atoms with van der Waals surface area (Å²) < 4.78 is 0. The number of nitrogens with one attached hydrogen (secondary N) is 2. The van der Waals surface area contributed by atoms with Crippen LogP contribution in [0.15, 0.2) is 0 Å². The van der Waals surface area contributed by atoms with Crippen LogP contribution in [-0.4, -0.2) is 49.1 Å². The molecule has 2 aliphatic heterocycles. The molecule has 4 nitrogen and oxygen atoms in total. The zero-order valence-electron chi connectivity index (χ0n) is 14.0. The first-order valence-electron chi connectivity index (χ1n) is 8.83. The lowest BCUT2D eigenvalue weighted by molar-refractivity contribution is -0.126. The normalized spacial score (nSPS) is 28.8. The first kappa shape index (κ1) is 16.8. The van der Waals surface area contributed by atoms with Crippen molar-refractivity contribution in [3.63, 3.8) is 0 Å². The molecule has 122 valence electrons. The fraction of sp³-hybridized carbons (Fsp3) is 0.941. The van der Waals surface area contributed by atoms with Crippen molar-refractivity contribution in [1.29, 1.82) is 0 Å². The van der Waals surface area contributed by atoms with Gasteiger partial charge in [-0.25, -0.2) is 0 Å². The molecule has 21 heavy (non-hydrogen) atoms. The second-order valence-corrected chi connectivity index (χ2v) is 7.20. The molecule has 4 heteroatoms. The molecule has 2 aliphatic rings. The third-order valence-electron chi connectivity index (χ3n) is 5.12. The summed E-state index contributed by atoms with van der Waals surface area (Å²) in [5.74, 6) is 1.59. The standard InChI is InChI=1S/C17H33N3O/c1-13(2)8-10-19-17(21)14(3)20-11-5-7-16(20)15-6-4-9-18-12-15/h13-16,18H,4-12H2,1-3H3,(H,19,21). The lowest BCUT2D eigenvalue weighted by Gasteiger charge is -2.37. The van der Waals surface area contributed by atoms with E-state index in [0.29, 0.717) is 12.0 Å². The first-order chi connectivity index (χ1) is 10.1. The highest BCUT2D eigenvalue weighted by molar-refractivity contribution is 5.81. The molecule has 1 amide bonds. The van der Waals surface area contributed by atoms with Gasteiger partial charge in [0.2, 0.25) is 5.91 Å². The van der Waals surface area contributed by atoms with Crippen molar-refractivity contribution in [2.24, 2.45) is 11.8 Å². The number of hydrogen-bond donors (Lipinski definition) is 2. The van der Waals surface area contributed by atoms with Crippen LogP contribution in [0.25, 0.3) is 0 Å². The second kappa shape index (κ2) is 8.14. The van der Waals surface area contributed by atoms with E-state index in [1.54, 1.807) is 0 Å². The van der Waals surface area contributed by atoms with Crippen LogP contribution < -0.4 is 10.6 Å². The van der Waals surface area contributed by atoms with Crippen LogP contribution in [0.5, 0.6) is 0 Å². The van der Waals surface area contributed by atoms with E-state index in [-0.39, 0.29) is 11.9 Å². The van der Waals surface area contributed by atoms with E-state index in [1.807, 2.05) is 0 Å². The average molecular weight is 295 g/mol. The van der Waals surface area contributed by atoms with Crippen molar-refractivity contribution in [3.8, 4) is 0 Å². The number of carbonyl (C=O) groups excluding carboxylic acids is 1. The monoisotopic (exact) mass is 295 g/mol. The van der Waals surface area contributed by atoms with Gasteiger partial charge in [-0.2, -0.15) is 0 Å². The van der Waals surface area contributed by atoms with Gasteiger partial charge in [-0.05, 0) is 70.5 Å². The maximum absolute atomic E-state index is 12.4. The molecule has 2 saturated heterocycles. The molecule has 0 bridgehead atoms. The van der Waals surface area contributed by atoms with Crippen molar-refractivity contribution in [2.45, 2.75) is 65.0 Å². The Bertz CT molecular complexity index is 326. The molecule has 3 unspecified atom stereocenters. The molecule has 0 aromatic rings. The van der Waals surface area contributed by atoms with Gasteiger partial charge in [0.15, 0.2) is 0 Å². The van der Waals surface area contributed by atoms with Crippen LogP contribution in [0.4, 0.5) is 0 Å². The van der Waals surface area contributed by atoms with Crippen molar-refractivity contribution in [2.75, 3.05) is 26.2 Å². The SMILES string of the molecule is CC(C)CCNC(=O)C(C)N1CCCC1C1CCCNC1. The summed E-state index contributed by atoms with van der Waals surface area (Å²) >= 11 is 0. The van der Waals surface area contributed by atoms with E-state index in [4.69, 9.17) is 0 Å². The van der Waals surface area contributed by atoms with Crippen molar-refractivity contribution < 1.29 is 4.79 Å². The summed E-state index contributed by atoms with van der Waals surface area (Å²) in [4.78, 5) is 14.8. The largest absolute Gasteiger partial charge is 0.355 e. The van der Waals surface area contributed by atoms with Crippen LogP contribution >= 0.6 is 0 Å². The lowest BCUT2D eigenvalue weighted by Crippen LogP contribution is -2.51. The Morgan fingerprint density at radius 2 is 2.10 bits per heavy atom. The van der Waals surface area contributed by atoms with Gasteiger partial charge in [0.25, 0.3) is 0 Å². The molecule has 2 rings (SSSR count). The maximum Gasteiger partial charge on any atom is 0.237 e. The summed E-state index contributed by atoms with van der Waals surface area (Å²) in [7, 11) is 0. The smallest absolute Gasteiger partial charge is 0.237 e. The molecule has 2 heterocycles. The molecular formula is C17H33N3O. The number of hydrogen-bond acceptors (Lipinski definition) is 3. The van der Waals surface area contributed by atoms with E-state index in [1.165, 1.54) is 25.7 Å². The summed E-state index contributed by atoms with van der Waals surface area (Å²) in [5.41, 5.74) is 0. The summed E-state index contributed by atoms with van der Waals surface area (Å²) in [6.45, 7) is 10.7. The van der Waals surface area contributed by atoms with Crippen LogP contribution in [0, 0.1) is 11.8 Å². The Hall–Kier alpha value is -0.610. The third kappa shape index (κ3) is 4.68. The number of carbonyl (C=O) groups is 1. The molecule has 2 fully saturated rings. The van der Waals surface area contributed by atoms with E-state index < -0.39 is 0 Å². The molecule has 0 aromatic heterocycles. The van der Waals surface area contributed by atoms with Gasteiger partial charge in [0.1, 0.15) is 0 Å². The first-order valence-corrected chi connectivity index (χ1v) is 8.83. The number of rotatable bonds is 6. The van der Waals surface area contributed by atoms with E-state index in [2.05, 4.69) is 36.3 Å². The minimum absolute atomic E-state index is 0.0200. The fourth-order valence-corrected chi connectivity index (χ4v) is 3.79. The molecule has 0 radical (unpaired) electrons. The number of nitrogens with zero attached hydrogens (tertiary/aromatic N) is 1. The van der Waals surface area contributed by atoms with Gasteiger partial charge in [-0.15, -0.1) is 0 Å². The Balaban J connectivity index is 1.84. The quantitative estimate of drug-likeness (QED) is 0.788. The lowest BCUT2D eigenvalue weighted by atomic mass is 9.89. The van der Waals surface area contributed by atoms with Crippen LogP contribution in [0.2, 0.25) is 0 Å². The fourth-order valence-electron chi connectivity index (χ4n) is 3.79. The van der Waals surface area contributed by atoms with Crippen LogP contribution in [-0.2, 0) is 4.79 Å². The number of amides is 1. The molecule has 0 aliphatic carbocycles. The highest BCUT2D eigenvalue weighted by atomic mass is 16.2. The van der Waals surface area contributed by atoms with E-state index >= 15 is 0 Å². The zero-order valence-corrected chi connectivity index (χ0v) is 14.0. The van der Waals surface area contributed by atoms with Gasteiger partial charge in [-0.3, -0.25) is 9.69 Å². The van der Waals surface area contributed by atoms with Gasteiger partial charge in [0.05, 0.1) is 6.04 Å². The maximum atomic E-state index is 12.4. The van der Waals surface area contributed by atoms with Crippen LogP contribution in [0.1, 0.15) is 52.9 Å². The van der Waals surface area contributed by atoms with Gasteiger partial charge < -0.3 is 10.6 Å². The molecule has 0 aromatic carbocycles. The van der Waals surface area contributed by atoms with Crippen molar-refractivity contribution in [1.82, 2.24) is 15.5 Å². The van der Waals surface area contributed by atoms with Gasteiger partial charge in [0, 0.05) is 12.6 Å². The highest BCUT2D eigenvalue weighted by Crippen LogP contribution is 2.29. The predicted octanol–water partition coefficient (Wildman–Crippen LogP) is 2.00. The minimum Gasteiger partial charge on any atom is -0.355 e. The summed E-state index contributed by atoms with van der Waals surface area (Å²) in [5, 5.41) is 6.64.